The number of methoxy groups -OCH3 is 1. The zero-order valence-corrected chi connectivity index (χ0v) is 16.3. The molecule has 4 atom stereocenters. The van der Waals surface area contributed by atoms with Crippen LogP contribution in [0.4, 0.5) is 4.79 Å². The van der Waals surface area contributed by atoms with Crippen molar-refractivity contribution in [1.29, 1.82) is 0 Å². The molecule has 0 aliphatic carbocycles. The molecule has 0 spiro atoms. The van der Waals surface area contributed by atoms with Gasteiger partial charge in [-0.3, -0.25) is 4.90 Å². The maximum Gasteiger partial charge on any atom is 0.410 e. The highest BCUT2D eigenvalue weighted by molar-refractivity contribution is 5.68. The molecule has 0 radical (unpaired) electrons. The number of hydrogen-bond acceptors (Lipinski definition) is 5. The van der Waals surface area contributed by atoms with Gasteiger partial charge in [0.15, 0.2) is 0 Å². The normalized spacial score (nSPS) is 35.8. The molecule has 2 fully saturated rings. The van der Waals surface area contributed by atoms with Crippen LogP contribution in [0.1, 0.15) is 54.4 Å². The van der Waals surface area contributed by atoms with E-state index in [0.717, 1.165) is 25.9 Å². The quantitative estimate of drug-likeness (QED) is 0.772. The van der Waals surface area contributed by atoms with Gasteiger partial charge in [0.25, 0.3) is 0 Å². The van der Waals surface area contributed by atoms with Crippen LogP contribution in [0.15, 0.2) is 0 Å². The van der Waals surface area contributed by atoms with Gasteiger partial charge in [0, 0.05) is 45.6 Å². The number of morpholine rings is 1. The van der Waals surface area contributed by atoms with E-state index in [-0.39, 0.29) is 30.1 Å². The smallest absolute Gasteiger partial charge is 0.410 e. The molecule has 0 N–H and O–H groups in total. The Hall–Kier alpha value is -0.850. The van der Waals surface area contributed by atoms with Crippen LogP contribution in [0, 0.1) is 0 Å². The summed E-state index contributed by atoms with van der Waals surface area (Å²) in [4.78, 5) is 16.7. The van der Waals surface area contributed by atoms with Crippen molar-refractivity contribution in [2.24, 2.45) is 0 Å². The van der Waals surface area contributed by atoms with Crippen LogP contribution in [0.5, 0.6) is 0 Å². The van der Waals surface area contributed by atoms with Gasteiger partial charge in [0.05, 0.1) is 12.2 Å². The molecule has 2 aliphatic rings. The van der Waals surface area contributed by atoms with Gasteiger partial charge in [-0.05, 0) is 41.5 Å². The summed E-state index contributed by atoms with van der Waals surface area (Å²) >= 11 is 0. The summed E-state index contributed by atoms with van der Waals surface area (Å²) in [7, 11) is 1.78. The number of carbonyl (C=O) groups is 1. The number of nitrogens with zero attached hydrogens (tertiary/aromatic N) is 2. The van der Waals surface area contributed by atoms with Crippen LogP contribution >= 0.6 is 0 Å². The second kappa shape index (κ2) is 7.18. The number of hydrogen-bond donors (Lipinski definition) is 0. The lowest BCUT2D eigenvalue weighted by molar-refractivity contribution is -0.213. The van der Waals surface area contributed by atoms with Crippen LogP contribution in [-0.2, 0) is 14.2 Å². The molecule has 6 heteroatoms. The van der Waals surface area contributed by atoms with E-state index >= 15 is 0 Å². The van der Waals surface area contributed by atoms with E-state index in [9.17, 15) is 4.79 Å². The Morgan fingerprint density at radius 1 is 1.17 bits per heavy atom. The lowest BCUT2D eigenvalue weighted by Crippen LogP contribution is -2.64. The van der Waals surface area contributed by atoms with E-state index in [1.54, 1.807) is 7.11 Å². The maximum absolute atomic E-state index is 12.4. The average Bonchev–Trinajstić information content (AvgIpc) is 2.43. The topological polar surface area (TPSA) is 51.2 Å². The molecule has 2 heterocycles. The summed E-state index contributed by atoms with van der Waals surface area (Å²) in [6, 6.07) is 0.0713. The van der Waals surface area contributed by atoms with Crippen molar-refractivity contribution >= 4 is 6.09 Å². The van der Waals surface area contributed by atoms with Gasteiger partial charge in [-0.1, -0.05) is 0 Å². The summed E-state index contributed by atoms with van der Waals surface area (Å²) in [6.45, 7) is 14.3. The van der Waals surface area contributed by atoms with Crippen molar-refractivity contribution in [3.8, 4) is 0 Å². The lowest BCUT2D eigenvalue weighted by atomic mass is 9.91. The summed E-state index contributed by atoms with van der Waals surface area (Å²) < 4.78 is 17.4. The average molecular weight is 342 g/mol. The molecule has 2 aliphatic heterocycles. The maximum atomic E-state index is 12.4. The monoisotopic (exact) mass is 342 g/mol. The number of carbonyl (C=O) groups excluding carboxylic acids is 1. The third-order valence-corrected chi connectivity index (χ3v) is 4.89. The zero-order chi connectivity index (χ0) is 18.1. The highest BCUT2D eigenvalue weighted by Gasteiger charge is 2.46. The number of amides is 1. The third kappa shape index (κ3) is 4.41. The molecule has 24 heavy (non-hydrogen) atoms. The first-order chi connectivity index (χ1) is 11.1. The lowest BCUT2D eigenvalue weighted by Gasteiger charge is -2.52. The van der Waals surface area contributed by atoms with Crippen LogP contribution in [-0.4, -0.2) is 72.2 Å². The number of likely N-dealkylation sites (tertiary alicyclic amines) is 1. The van der Waals surface area contributed by atoms with Crippen molar-refractivity contribution in [2.75, 3.05) is 26.7 Å². The Morgan fingerprint density at radius 2 is 1.75 bits per heavy atom. The molecule has 2 rings (SSSR count). The van der Waals surface area contributed by atoms with E-state index in [1.807, 2.05) is 25.7 Å². The summed E-state index contributed by atoms with van der Waals surface area (Å²) in [5.74, 6) is 0. The summed E-state index contributed by atoms with van der Waals surface area (Å²) in [5, 5.41) is 0. The standard InChI is InChI=1S/C18H34N2O4/c1-13-10-18(22-7,19-11-14(2)23-15(3)12-19)8-9-20(13)16(21)24-17(4,5)6/h13-15H,8-12H2,1-7H3/t13?,14-,15+,18?. The van der Waals surface area contributed by atoms with Crippen molar-refractivity contribution in [2.45, 2.75) is 84.0 Å². The van der Waals surface area contributed by atoms with Crippen molar-refractivity contribution < 1.29 is 19.0 Å². The minimum absolute atomic E-state index is 0.0713. The second-order valence-electron chi connectivity index (χ2n) is 8.29. The first kappa shape index (κ1) is 19.5. The van der Waals surface area contributed by atoms with Gasteiger partial charge in [-0.15, -0.1) is 0 Å². The van der Waals surface area contributed by atoms with Gasteiger partial charge in [0.2, 0.25) is 0 Å². The predicted molar refractivity (Wildman–Crippen MR) is 93.0 cm³/mol. The fraction of sp³-hybridized carbons (Fsp3) is 0.944. The van der Waals surface area contributed by atoms with Gasteiger partial charge in [0.1, 0.15) is 11.3 Å². The van der Waals surface area contributed by atoms with E-state index in [1.165, 1.54) is 0 Å². The number of rotatable bonds is 2. The Morgan fingerprint density at radius 3 is 2.21 bits per heavy atom. The van der Waals surface area contributed by atoms with Gasteiger partial charge >= 0.3 is 6.09 Å². The van der Waals surface area contributed by atoms with Gasteiger partial charge in [-0.2, -0.15) is 0 Å². The van der Waals surface area contributed by atoms with E-state index in [2.05, 4.69) is 25.7 Å². The third-order valence-electron chi connectivity index (χ3n) is 4.89. The molecular weight excluding hydrogens is 308 g/mol. The zero-order valence-electron chi connectivity index (χ0n) is 16.3. The molecule has 0 bridgehead atoms. The first-order valence-corrected chi connectivity index (χ1v) is 9.01. The molecule has 0 aromatic heterocycles. The van der Waals surface area contributed by atoms with Gasteiger partial charge in [-0.25, -0.2) is 4.79 Å². The largest absolute Gasteiger partial charge is 0.444 e. The first-order valence-electron chi connectivity index (χ1n) is 9.01. The molecule has 140 valence electrons. The van der Waals surface area contributed by atoms with Crippen LogP contribution in [0.2, 0.25) is 0 Å². The van der Waals surface area contributed by atoms with Gasteiger partial charge < -0.3 is 19.1 Å². The Labute approximate surface area is 146 Å². The molecule has 0 saturated carbocycles. The number of piperidine rings is 1. The molecule has 1 amide bonds. The number of ether oxygens (including phenoxy) is 3. The second-order valence-corrected chi connectivity index (χ2v) is 8.29. The summed E-state index contributed by atoms with van der Waals surface area (Å²) in [5.41, 5.74) is -0.800. The van der Waals surface area contributed by atoms with E-state index in [0.29, 0.717) is 6.54 Å². The molecule has 2 unspecified atom stereocenters. The fourth-order valence-corrected chi connectivity index (χ4v) is 3.89. The fourth-order valence-electron chi connectivity index (χ4n) is 3.89. The van der Waals surface area contributed by atoms with Crippen LogP contribution in [0.25, 0.3) is 0 Å². The molecule has 0 aromatic rings. The molecule has 2 saturated heterocycles. The predicted octanol–water partition coefficient (Wildman–Crippen LogP) is 2.86. The van der Waals surface area contributed by atoms with Crippen LogP contribution in [0.3, 0.4) is 0 Å². The van der Waals surface area contributed by atoms with Crippen molar-refractivity contribution in [1.82, 2.24) is 9.80 Å². The van der Waals surface area contributed by atoms with Crippen molar-refractivity contribution in [3.63, 3.8) is 0 Å². The van der Waals surface area contributed by atoms with E-state index in [4.69, 9.17) is 14.2 Å². The molecule has 0 aromatic carbocycles. The van der Waals surface area contributed by atoms with Crippen LogP contribution < -0.4 is 0 Å². The summed E-state index contributed by atoms with van der Waals surface area (Å²) in [6.07, 6.45) is 1.72. The Balaban J connectivity index is 2.07. The van der Waals surface area contributed by atoms with Crippen molar-refractivity contribution in [3.05, 3.63) is 0 Å². The highest BCUT2D eigenvalue weighted by Crippen LogP contribution is 2.35. The van der Waals surface area contributed by atoms with E-state index < -0.39 is 5.60 Å². The molecular formula is C18H34N2O4. The molecule has 6 nitrogen and oxygen atoms in total. The Kier molecular flexibility index (Phi) is 5.83. The minimum atomic E-state index is -0.471. The Bertz CT molecular complexity index is 441. The minimum Gasteiger partial charge on any atom is -0.444 e. The highest BCUT2D eigenvalue weighted by atomic mass is 16.6. The SMILES string of the molecule is COC1(N2C[C@@H](C)O[C@@H](C)C2)CCN(C(=O)OC(C)(C)C)C(C)C1.